The number of hydrogen-bond acceptors (Lipinski definition) is 3. The summed E-state index contributed by atoms with van der Waals surface area (Å²) in [4.78, 5) is 2.57. The minimum absolute atomic E-state index is 0.0422. The fourth-order valence-corrected chi connectivity index (χ4v) is 2.55. The van der Waals surface area contributed by atoms with E-state index in [0.29, 0.717) is 11.5 Å². The zero-order valence-corrected chi connectivity index (χ0v) is 10.4. The summed E-state index contributed by atoms with van der Waals surface area (Å²) in [5.41, 5.74) is 1.42. The van der Waals surface area contributed by atoms with Gasteiger partial charge in [-0.3, -0.25) is 0 Å². The van der Waals surface area contributed by atoms with Crippen molar-refractivity contribution in [2.45, 2.75) is 18.3 Å². The van der Waals surface area contributed by atoms with Gasteiger partial charge in [0.05, 0.1) is 4.99 Å². The van der Waals surface area contributed by atoms with E-state index in [1.54, 1.807) is 0 Å². The van der Waals surface area contributed by atoms with Crippen LogP contribution < -0.4 is 5.73 Å². The predicted octanol–water partition coefficient (Wildman–Crippen LogP) is 2.24. The predicted molar refractivity (Wildman–Crippen MR) is 64.5 cm³/mol. The summed E-state index contributed by atoms with van der Waals surface area (Å²) in [5.74, 6) is 0.364. The maximum Gasteiger partial charge on any atom is 0.441 e. The molecule has 0 radical (unpaired) electrons. The topological polar surface area (TPSA) is 29.3 Å². The van der Waals surface area contributed by atoms with E-state index >= 15 is 0 Å². The molecular weight excluding hydrogens is 257 g/mol. The second-order valence-electron chi connectivity index (χ2n) is 3.81. The Morgan fingerprint density at radius 2 is 1.94 bits per heavy atom. The molecule has 2 N–H and O–H groups in total. The van der Waals surface area contributed by atoms with Crippen molar-refractivity contribution in [3.63, 3.8) is 0 Å². The quantitative estimate of drug-likeness (QED) is 0.795. The Morgan fingerprint density at radius 3 is 2.38 bits per heavy atom. The number of thioether (sulfide) groups is 1. The molecule has 0 bridgehead atoms. The smallest absolute Gasteiger partial charge is 0.393 e. The number of nitrogens with two attached hydrogens (primary N) is 1. The van der Waals surface area contributed by atoms with Gasteiger partial charge in [0.1, 0.15) is 0 Å². The van der Waals surface area contributed by atoms with Gasteiger partial charge in [0.25, 0.3) is 0 Å². The number of piperidine rings is 1. The molecule has 0 unspecified atom stereocenters. The van der Waals surface area contributed by atoms with Gasteiger partial charge < -0.3 is 10.6 Å². The van der Waals surface area contributed by atoms with Gasteiger partial charge in [-0.1, -0.05) is 12.2 Å². The SMILES string of the molecule is NC(=S)C1CCN(CCSC(F)(F)F)CC1. The Bertz CT molecular complexity index is 237. The second-order valence-corrected chi connectivity index (χ2v) is 5.44. The van der Waals surface area contributed by atoms with Gasteiger partial charge in [-0.15, -0.1) is 0 Å². The molecule has 7 heteroatoms. The first kappa shape index (κ1) is 14.1. The summed E-state index contributed by atoms with van der Waals surface area (Å²) in [7, 11) is 0. The molecule has 94 valence electrons. The average Bonchev–Trinajstić information content (AvgIpc) is 2.16. The maximum absolute atomic E-state index is 11.9. The summed E-state index contributed by atoms with van der Waals surface area (Å²) >= 11 is 4.94. The van der Waals surface area contributed by atoms with Crippen molar-refractivity contribution >= 4 is 29.0 Å². The van der Waals surface area contributed by atoms with Crippen molar-refractivity contribution in [2.75, 3.05) is 25.4 Å². The number of alkyl halides is 3. The number of thiocarbonyl (C=S) groups is 1. The molecule has 16 heavy (non-hydrogen) atoms. The van der Waals surface area contributed by atoms with E-state index in [1.165, 1.54) is 0 Å². The molecule has 0 aliphatic carbocycles. The zero-order valence-electron chi connectivity index (χ0n) is 8.79. The van der Waals surface area contributed by atoms with Gasteiger partial charge in [0, 0.05) is 18.2 Å². The highest BCUT2D eigenvalue weighted by molar-refractivity contribution is 8.00. The number of nitrogens with zero attached hydrogens (tertiary/aromatic N) is 1. The molecule has 0 aromatic rings. The minimum atomic E-state index is -4.11. The van der Waals surface area contributed by atoms with Crippen LogP contribution in [-0.2, 0) is 0 Å². The highest BCUT2D eigenvalue weighted by Crippen LogP contribution is 2.30. The van der Waals surface area contributed by atoms with Crippen LogP contribution in [0.3, 0.4) is 0 Å². The van der Waals surface area contributed by atoms with Crippen molar-refractivity contribution in [2.24, 2.45) is 11.7 Å². The van der Waals surface area contributed by atoms with Gasteiger partial charge in [0.15, 0.2) is 0 Å². The molecule has 0 amide bonds. The molecule has 1 rings (SSSR count). The average molecular weight is 272 g/mol. The molecular formula is C9H15F3N2S2. The molecule has 1 heterocycles. The third kappa shape index (κ3) is 5.36. The normalized spacial score (nSPS) is 19.9. The third-order valence-corrected chi connectivity index (χ3v) is 3.71. The van der Waals surface area contributed by atoms with Gasteiger partial charge >= 0.3 is 5.51 Å². The van der Waals surface area contributed by atoms with Crippen molar-refractivity contribution < 1.29 is 13.2 Å². The Morgan fingerprint density at radius 1 is 1.38 bits per heavy atom. The van der Waals surface area contributed by atoms with E-state index in [9.17, 15) is 13.2 Å². The highest BCUT2D eigenvalue weighted by Gasteiger charge is 2.28. The van der Waals surface area contributed by atoms with Gasteiger partial charge in [-0.05, 0) is 37.7 Å². The van der Waals surface area contributed by atoms with Gasteiger partial charge in [-0.25, -0.2) is 0 Å². The van der Waals surface area contributed by atoms with E-state index in [0.717, 1.165) is 25.9 Å². The first-order valence-corrected chi connectivity index (χ1v) is 6.50. The minimum Gasteiger partial charge on any atom is -0.393 e. The number of halogens is 3. The van der Waals surface area contributed by atoms with E-state index in [4.69, 9.17) is 18.0 Å². The Hall–Kier alpha value is -0.0100. The lowest BCUT2D eigenvalue weighted by molar-refractivity contribution is -0.0329. The Labute approximate surface area is 103 Å². The van der Waals surface area contributed by atoms with Crippen LogP contribution in [0.5, 0.6) is 0 Å². The fourth-order valence-electron chi connectivity index (χ4n) is 1.73. The standard InChI is InChI=1S/C9H15F3N2S2/c10-9(11,12)16-6-5-14-3-1-7(2-4-14)8(13)15/h7H,1-6H2,(H2,13,15). The maximum atomic E-state index is 11.9. The molecule has 0 spiro atoms. The molecule has 0 saturated carbocycles. The summed E-state index contributed by atoms with van der Waals surface area (Å²) < 4.78 is 35.7. The Kier molecular flexibility index (Phi) is 5.33. The van der Waals surface area contributed by atoms with Crippen LogP contribution in [0.2, 0.25) is 0 Å². The van der Waals surface area contributed by atoms with Crippen molar-refractivity contribution in [3.8, 4) is 0 Å². The van der Waals surface area contributed by atoms with Crippen LogP contribution in [-0.4, -0.2) is 40.8 Å². The van der Waals surface area contributed by atoms with Crippen LogP contribution in [0, 0.1) is 5.92 Å². The summed E-state index contributed by atoms with van der Waals surface area (Å²) in [6.45, 7) is 2.06. The second kappa shape index (κ2) is 6.07. The molecule has 0 aromatic carbocycles. The lowest BCUT2D eigenvalue weighted by Gasteiger charge is -2.31. The van der Waals surface area contributed by atoms with Crippen LogP contribution >= 0.6 is 24.0 Å². The Balaban J connectivity index is 2.15. The molecule has 1 aliphatic rings. The largest absolute Gasteiger partial charge is 0.441 e. The van der Waals surface area contributed by atoms with Crippen LogP contribution in [0.15, 0.2) is 0 Å². The number of hydrogen-bond donors (Lipinski definition) is 1. The zero-order chi connectivity index (χ0) is 12.2. The summed E-state index contributed by atoms with van der Waals surface area (Å²) in [6.07, 6.45) is 1.73. The van der Waals surface area contributed by atoms with Gasteiger partial charge in [0.2, 0.25) is 0 Å². The van der Waals surface area contributed by atoms with Crippen LogP contribution in [0.25, 0.3) is 0 Å². The van der Waals surface area contributed by atoms with Gasteiger partial charge in [-0.2, -0.15) is 13.2 Å². The lowest BCUT2D eigenvalue weighted by Crippen LogP contribution is -2.39. The molecule has 0 atom stereocenters. The van der Waals surface area contributed by atoms with E-state index in [-0.39, 0.29) is 23.4 Å². The molecule has 2 nitrogen and oxygen atoms in total. The number of rotatable bonds is 4. The summed E-state index contributed by atoms with van der Waals surface area (Å²) in [6, 6.07) is 0. The summed E-state index contributed by atoms with van der Waals surface area (Å²) in [5, 5.41) is 0. The lowest BCUT2D eigenvalue weighted by atomic mass is 9.97. The monoisotopic (exact) mass is 272 g/mol. The van der Waals surface area contributed by atoms with Crippen molar-refractivity contribution in [1.82, 2.24) is 4.90 Å². The molecule has 1 saturated heterocycles. The fraction of sp³-hybridized carbons (Fsp3) is 0.889. The van der Waals surface area contributed by atoms with E-state index in [1.807, 2.05) is 4.90 Å². The third-order valence-electron chi connectivity index (χ3n) is 2.66. The molecule has 1 fully saturated rings. The number of likely N-dealkylation sites (tertiary alicyclic amines) is 1. The highest BCUT2D eigenvalue weighted by atomic mass is 32.2. The van der Waals surface area contributed by atoms with Crippen molar-refractivity contribution in [1.29, 1.82) is 0 Å². The van der Waals surface area contributed by atoms with E-state index in [2.05, 4.69) is 0 Å². The first-order chi connectivity index (χ1) is 7.38. The molecule has 1 aliphatic heterocycles. The van der Waals surface area contributed by atoms with Crippen molar-refractivity contribution in [3.05, 3.63) is 0 Å². The van der Waals surface area contributed by atoms with E-state index < -0.39 is 5.51 Å². The first-order valence-electron chi connectivity index (χ1n) is 5.11. The van der Waals surface area contributed by atoms with Crippen LogP contribution in [0.4, 0.5) is 13.2 Å². The molecule has 0 aromatic heterocycles. The van der Waals surface area contributed by atoms with Crippen LogP contribution in [0.1, 0.15) is 12.8 Å².